The molecular weight excluding hydrogens is 254 g/mol. The van der Waals surface area contributed by atoms with Gasteiger partial charge in [0.15, 0.2) is 0 Å². The van der Waals surface area contributed by atoms with Crippen LogP contribution in [-0.4, -0.2) is 19.9 Å². The molecular formula is C12H13ClN3O2+. The van der Waals surface area contributed by atoms with Gasteiger partial charge in [0.25, 0.3) is 4.92 Å². The van der Waals surface area contributed by atoms with Crippen LogP contribution in [0.3, 0.4) is 0 Å². The quantitative estimate of drug-likeness (QED) is 0.869. The molecule has 0 bridgehead atoms. The van der Waals surface area contributed by atoms with E-state index in [-0.39, 0.29) is 10.6 Å². The van der Waals surface area contributed by atoms with Crippen molar-refractivity contribution in [3.8, 4) is 0 Å². The highest BCUT2D eigenvalue weighted by Crippen LogP contribution is 2.22. The number of aromatic nitrogens is 2. The number of aryl methyl sites for hydroxylation is 1. The van der Waals surface area contributed by atoms with E-state index < -0.39 is 0 Å². The zero-order chi connectivity index (χ0) is 13.3. The highest BCUT2D eigenvalue weighted by molar-refractivity contribution is 6.30. The second-order valence-electron chi connectivity index (χ2n) is 4.08. The Morgan fingerprint density at radius 3 is 2.44 bits per heavy atom. The summed E-state index contributed by atoms with van der Waals surface area (Å²) in [7, 11) is 0. The summed E-state index contributed by atoms with van der Waals surface area (Å²) in [5.41, 5.74) is 2.34. The molecule has 0 aliphatic carbocycles. The van der Waals surface area contributed by atoms with E-state index in [9.17, 15) is 4.91 Å². The first-order valence-electron chi connectivity index (χ1n) is 5.43. The SMILES string of the molecule is Cc1nn(Cc2ccc(Cl)cc2)c(C)c1[N+](=O)O. The van der Waals surface area contributed by atoms with E-state index in [1.54, 1.807) is 30.7 Å². The lowest BCUT2D eigenvalue weighted by Crippen LogP contribution is -2.04. The van der Waals surface area contributed by atoms with Crippen molar-refractivity contribution in [2.75, 3.05) is 0 Å². The summed E-state index contributed by atoms with van der Waals surface area (Å²) in [5.74, 6) is 0. The molecule has 0 aliphatic rings. The number of nitrogens with zero attached hydrogens (tertiary/aromatic N) is 3. The van der Waals surface area contributed by atoms with Crippen molar-refractivity contribution in [2.45, 2.75) is 20.4 Å². The highest BCUT2D eigenvalue weighted by Gasteiger charge is 2.26. The molecule has 2 aromatic rings. The minimum Gasteiger partial charge on any atom is -0.258 e. The maximum Gasteiger partial charge on any atom is 0.359 e. The molecule has 0 saturated carbocycles. The van der Waals surface area contributed by atoms with Crippen LogP contribution in [0.1, 0.15) is 17.0 Å². The molecule has 5 nitrogen and oxygen atoms in total. The van der Waals surface area contributed by atoms with E-state index in [0.717, 1.165) is 5.56 Å². The van der Waals surface area contributed by atoms with Crippen molar-refractivity contribution in [3.05, 3.63) is 51.1 Å². The molecule has 1 heterocycles. The van der Waals surface area contributed by atoms with Crippen LogP contribution in [0.4, 0.5) is 5.69 Å². The smallest absolute Gasteiger partial charge is 0.258 e. The van der Waals surface area contributed by atoms with Gasteiger partial charge in [-0.2, -0.15) is 5.10 Å². The fourth-order valence-electron chi connectivity index (χ4n) is 1.88. The maximum atomic E-state index is 11.0. The fraction of sp³-hybridized carbons (Fsp3) is 0.250. The van der Waals surface area contributed by atoms with Gasteiger partial charge < -0.3 is 0 Å². The Labute approximate surface area is 109 Å². The summed E-state index contributed by atoms with van der Waals surface area (Å²) >= 11 is 5.81. The molecule has 1 N–H and O–H groups in total. The molecule has 2 rings (SSSR count). The predicted octanol–water partition coefficient (Wildman–Crippen LogP) is 3.00. The molecule has 0 radical (unpaired) electrons. The zero-order valence-corrected chi connectivity index (χ0v) is 10.8. The van der Waals surface area contributed by atoms with E-state index in [1.807, 2.05) is 12.1 Å². The second-order valence-corrected chi connectivity index (χ2v) is 4.51. The van der Waals surface area contributed by atoms with Crippen molar-refractivity contribution < 1.29 is 10.1 Å². The van der Waals surface area contributed by atoms with Crippen molar-refractivity contribution in [3.63, 3.8) is 0 Å². The Hall–Kier alpha value is -1.88. The van der Waals surface area contributed by atoms with Crippen LogP contribution in [0, 0.1) is 18.8 Å². The third kappa shape index (κ3) is 2.36. The van der Waals surface area contributed by atoms with Crippen LogP contribution in [0.25, 0.3) is 0 Å². The van der Waals surface area contributed by atoms with Crippen molar-refractivity contribution in [1.29, 1.82) is 0 Å². The number of hydrogen-bond acceptors (Lipinski definition) is 2. The van der Waals surface area contributed by atoms with Gasteiger partial charge in [0, 0.05) is 5.02 Å². The average molecular weight is 267 g/mol. The van der Waals surface area contributed by atoms with Crippen LogP contribution in [0.5, 0.6) is 0 Å². The topological polar surface area (TPSA) is 58.1 Å². The molecule has 0 atom stereocenters. The monoisotopic (exact) mass is 266 g/mol. The van der Waals surface area contributed by atoms with E-state index in [1.165, 1.54) is 0 Å². The standard InChI is InChI=1S/C12H13ClN3O2/c1-8-12(16(17)18)9(2)15(14-8)7-10-3-5-11(13)6-4-10/h3-6H,7H2,1-2H3,(H,17,18)/q+1. The van der Waals surface area contributed by atoms with Gasteiger partial charge in [0.2, 0.25) is 0 Å². The summed E-state index contributed by atoms with van der Waals surface area (Å²) in [6.45, 7) is 3.95. The Kier molecular flexibility index (Phi) is 3.34. The average Bonchev–Trinajstić information content (AvgIpc) is 2.57. The van der Waals surface area contributed by atoms with E-state index in [4.69, 9.17) is 16.8 Å². The number of hydrogen-bond donors (Lipinski definition) is 1. The molecule has 6 heteroatoms. The first-order valence-corrected chi connectivity index (χ1v) is 5.81. The minimum absolute atomic E-state index is 0.143. The molecule has 94 valence electrons. The van der Waals surface area contributed by atoms with Gasteiger partial charge in [0.1, 0.15) is 11.4 Å². The van der Waals surface area contributed by atoms with Crippen molar-refractivity contribution in [2.24, 2.45) is 0 Å². The van der Waals surface area contributed by atoms with E-state index in [0.29, 0.717) is 23.0 Å². The fourth-order valence-corrected chi connectivity index (χ4v) is 2.01. The van der Waals surface area contributed by atoms with Crippen molar-refractivity contribution in [1.82, 2.24) is 9.78 Å². The van der Waals surface area contributed by atoms with Crippen LogP contribution in [-0.2, 0) is 6.54 Å². The second kappa shape index (κ2) is 4.78. The Morgan fingerprint density at radius 1 is 1.33 bits per heavy atom. The molecule has 0 amide bonds. The Morgan fingerprint density at radius 2 is 1.94 bits per heavy atom. The summed E-state index contributed by atoms with van der Waals surface area (Å²) in [6, 6.07) is 7.39. The first-order chi connectivity index (χ1) is 8.49. The van der Waals surface area contributed by atoms with Crippen LogP contribution in [0.15, 0.2) is 24.3 Å². The third-order valence-electron chi connectivity index (χ3n) is 2.78. The highest BCUT2D eigenvalue weighted by atomic mass is 35.5. The number of benzene rings is 1. The lowest BCUT2D eigenvalue weighted by atomic mass is 10.2. The third-order valence-corrected chi connectivity index (χ3v) is 3.03. The normalized spacial score (nSPS) is 10.6. The zero-order valence-electron chi connectivity index (χ0n) is 10.1. The van der Waals surface area contributed by atoms with Crippen LogP contribution < -0.4 is 0 Å². The lowest BCUT2D eigenvalue weighted by molar-refractivity contribution is -0.730. The van der Waals surface area contributed by atoms with Gasteiger partial charge in [-0.15, -0.1) is 0 Å². The summed E-state index contributed by atoms with van der Waals surface area (Å²) < 4.78 is 1.68. The summed E-state index contributed by atoms with van der Waals surface area (Å²) in [4.78, 5) is 10.9. The first kappa shape index (κ1) is 12.6. The molecule has 1 aromatic carbocycles. The Balaban J connectivity index is 2.33. The van der Waals surface area contributed by atoms with Gasteiger partial charge in [-0.05, 0) is 31.5 Å². The van der Waals surface area contributed by atoms with Crippen molar-refractivity contribution >= 4 is 17.3 Å². The molecule has 0 saturated heterocycles. The molecule has 0 aliphatic heterocycles. The molecule has 1 aromatic heterocycles. The molecule has 0 unspecified atom stereocenters. The van der Waals surface area contributed by atoms with Gasteiger partial charge in [-0.1, -0.05) is 23.7 Å². The minimum atomic E-state index is -0.143. The van der Waals surface area contributed by atoms with Gasteiger partial charge in [-0.3, -0.25) is 4.68 Å². The van der Waals surface area contributed by atoms with Crippen LogP contribution >= 0.6 is 11.6 Å². The largest absolute Gasteiger partial charge is 0.359 e. The Bertz CT molecular complexity index is 590. The summed E-state index contributed by atoms with van der Waals surface area (Å²) in [6.07, 6.45) is 0. The van der Waals surface area contributed by atoms with E-state index in [2.05, 4.69) is 5.10 Å². The van der Waals surface area contributed by atoms with Gasteiger partial charge in [-0.25, -0.2) is 5.21 Å². The maximum absolute atomic E-state index is 11.0. The molecule has 0 fully saturated rings. The number of rotatable bonds is 3. The molecule has 18 heavy (non-hydrogen) atoms. The van der Waals surface area contributed by atoms with Gasteiger partial charge in [0.05, 0.1) is 11.5 Å². The summed E-state index contributed by atoms with van der Waals surface area (Å²) in [5, 5.41) is 13.9. The lowest BCUT2D eigenvalue weighted by Gasteiger charge is -2.03. The van der Waals surface area contributed by atoms with Gasteiger partial charge >= 0.3 is 5.69 Å². The number of halogens is 1. The van der Waals surface area contributed by atoms with Crippen LogP contribution in [0.2, 0.25) is 5.02 Å². The van der Waals surface area contributed by atoms with E-state index >= 15 is 0 Å². The predicted molar refractivity (Wildman–Crippen MR) is 67.3 cm³/mol. The molecule has 0 spiro atoms.